The molecular formula is C10H18BrF3O. The molecule has 0 aliphatic heterocycles. The lowest BCUT2D eigenvalue weighted by atomic mass is 9.80. The van der Waals surface area contributed by atoms with Crippen molar-refractivity contribution >= 4 is 15.9 Å². The summed E-state index contributed by atoms with van der Waals surface area (Å²) in [6, 6.07) is 0. The Morgan fingerprint density at radius 3 is 2.07 bits per heavy atom. The number of hydrogen-bond donors (Lipinski definition) is 0. The topological polar surface area (TPSA) is 9.23 Å². The smallest absolute Gasteiger partial charge is 0.372 e. The Morgan fingerprint density at radius 1 is 1.20 bits per heavy atom. The van der Waals surface area contributed by atoms with Crippen molar-refractivity contribution in [1.29, 1.82) is 0 Å². The highest BCUT2D eigenvalue weighted by Gasteiger charge is 2.28. The summed E-state index contributed by atoms with van der Waals surface area (Å²) >= 11 is 3.37. The maximum Gasteiger partial charge on any atom is 0.411 e. The van der Waals surface area contributed by atoms with Crippen LogP contribution in [0.4, 0.5) is 13.2 Å². The van der Waals surface area contributed by atoms with Gasteiger partial charge >= 0.3 is 6.18 Å². The molecule has 1 nitrogen and oxygen atoms in total. The van der Waals surface area contributed by atoms with Crippen molar-refractivity contribution in [1.82, 2.24) is 0 Å². The van der Waals surface area contributed by atoms with Gasteiger partial charge in [0.2, 0.25) is 0 Å². The first-order valence-corrected chi connectivity index (χ1v) is 5.99. The molecule has 0 heterocycles. The Bertz CT molecular complexity index is 174. The molecule has 0 saturated heterocycles. The zero-order valence-corrected chi connectivity index (χ0v) is 10.9. The lowest BCUT2D eigenvalue weighted by Gasteiger charge is -2.29. The first kappa shape index (κ1) is 15.2. The van der Waals surface area contributed by atoms with Crippen LogP contribution in [0, 0.1) is 11.3 Å². The van der Waals surface area contributed by atoms with Crippen LogP contribution in [0.3, 0.4) is 0 Å². The van der Waals surface area contributed by atoms with Crippen molar-refractivity contribution in [3.05, 3.63) is 0 Å². The Kier molecular flexibility index (Phi) is 6.18. The van der Waals surface area contributed by atoms with Gasteiger partial charge in [-0.05, 0) is 17.8 Å². The third kappa shape index (κ3) is 8.08. The van der Waals surface area contributed by atoms with Crippen LogP contribution in [0.15, 0.2) is 0 Å². The van der Waals surface area contributed by atoms with Crippen LogP contribution < -0.4 is 0 Å². The minimum Gasteiger partial charge on any atom is -0.372 e. The SMILES string of the molecule is CC(C)(C)C(CBr)CCOCC(F)(F)F. The molecule has 0 rings (SSSR count). The summed E-state index contributed by atoms with van der Waals surface area (Å²) in [5.41, 5.74) is 0.0884. The second kappa shape index (κ2) is 6.09. The third-order valence-corrected chi connectivity index (χ3v) is 3.07. The van der Waals surface area contributed by atoms with E-state index >= 15 is 0 Å². The Balaban J connectivity index is 3.75. The van der Waals surface area contributed by atoms with Crippen LogP contribution >= 0.6 is 15.9 Å². The molecule has 0 spiro atoms. The van der Waals surface area contributed by atoms with E-state index in [1.807, 2.05) is 0 Å². The van der Waals surface area contributed by atoms with E-state index in [0.29, 0.717) is 12.3 Å². The van der Waals surface area contributed by atoms with Crippen LogP contribution in [0.1, 0.15) is 27.2 Å². The minimum absolute atomic E-state index is 0.0884. The van der Waals surface area contributed by atoms with Gasteiger partial charge in [-0.25, -0.2) is 0 Å². The molecule has 0 amide bonds. The first-order chi connectivity index (χ1) is 6.67. The maximum atomic E-state index is 11.8. The van der Waals surface area contributed by atoms with E-state index in [4.69, 9.17) is 0 Å². The summed E-state index contributed by atoms with van der Waals surface area (Å²) in [5.74, 6) is 0.325. The number of ether oxygens (including phenoxy) is 1. The van der Waals surface area contributed by atoms with E-state index < -0.39 is 12.8 Å². The zero-order valence-electron chi connectivity index (χ0n) is 9.33. The van der Waals surface area contributed by atoms with Gasteiger partial charge in [0.25, 0.3) is 0 Å². The summed E-state index contributed by atoms with van der Waals surface area (Å²) in [7, 11) is 0. The lowest BCUT2D eigenvalue weighted by molar-refractivity contribution is -0.174. The molecule has 0 saturated carbocycles. The first-order valence-electron chi connectivity index (χ1n) is 4.87. The molecular weight excluding hydrogens is 273 g/mol. The van der Waals surface area contributed by atoms with E-state index in [2.05, 4.69) is 41.4 Å². The molecule has 0 aliphatic rings. The van der Waals surface area contributed by atoms with Crippen molar-refractivity contribution < 1.29 is 17.9 Å². The number of hydrogen-bond acceptors (Lipinski definition) is 1. The van der Waals surface area contributed by atoms with Gasteiger partial charge in [0.1, 0.15) is 6.61 Å². The Hall–Kier alpha value is 0.230. The highest BCUT2D eigenvalue weighted by atomic mass is 79.9. The van der Waals surface area contributed by atoms with Crippen molar-refractivity contribution in [2.75, 3.05) is 18.5 Å². The van der Waals surface area contributed by atoms with Crippen molar-refractivity contribution in [2.24, 2.45) is 11.3 Å². The summed E-state index contributed by atoms with van der Waals surface area (Å²) in [6.07, 6.45) is -3.57. The average Bonchev–Trinajstić information content (AvgIpc) is 1.99. The van der Waals surface area contributed by atoms with Crippen molar-refractivity contribution in [3.63, 3.8) is 0 Å². The van der Waals surface area contributed by atoms with Crippen LogP contribution in [-0.4, -0.2) is 24.7 Å². The standard InChI is InChI=1S/C10H18BrF3O/c1-9(2,3)8(6-11)4-5-15-7-10(12,13)14/h8H,4-7H2,1-3H3. The number of halogens is 4. The van der Waals surface area contributed by atoms with E-state index in [-0.39, 0.29) is 12.0 Å². The fourth-order valence-corrected chi connectivity index (χ4v) is 2.45. The van der Waals surface area contributed by atoms with Gasteiger partial charge in [0, 0.05) is 11.9 Å². The van der Waals surface area contributed by atoms with Crippen LogP contribution in [0.2, 0.25) is 0 Å². The second-order valence-corrected chi connectivity index (χ2v) is 5.32. The van der Waals surface area contributed by atoms with Gasteiger partial charge in [0.05, 0.1) is 0 Å². The predicted octanol–water partition coefficient (Wildman–Crippen LogP) is 4.01. The number of rotatable bonds is 5. The molecule has 0 N–H and O–H groups in total. The molecule has 92 valence electrons. The molecule has 0 fully saturated rings. The second-order valence-electron chi connectivity index (χ2n) is 4.67. The van der Waals surface area contributed by atoms with Gasteiger partial charge in [0.15, 0.2) is 0 Å². The van der Waals surface area contributed by atoms with Crippen molar-refractivity contribution in [2.45, 2.75) is 33.4 Å². The normalized spacial score (nSPS) is 15.4. The predicted molar refractivity (Wildman–Crippen MR) is 58.2 cm³/mol. The van der Waals surface area contributed by atoms with Crippen LogP contribution in [0.5, 0.6) is 0 Å². The summed E-state index contributed by atoms with van der Waals surface area (Å²) in [6.45, 7) is 5.23. The lowest BCUT2D eigenvalue weighted by Crippen LogP contribution is -2.24. The molecule has 15 heavy (non-hydrogen) atoms. The summed E-state index contributed by atoms with van der Waals surface area (Å²) in [5, 5.41) is 0.784. The van der Waals surface area contributed by atoms with Crippen molar-refractivity contribution in [3.8, 4) is 0 Å². The van der Waals surface area contributed by atoms with E-state index in [1.165, 1.54) is 0 Å². The molecule has 0 aliphatic carbocycles. The third-order valence-electron chi connectivity index (χ3n) is 2.29. The molecule has 0 aromatic carbocycles. The van der Waals surface area contributed by atoms with Gasteiger partial charge < -0.3 is 4.74 Å². The zero-order chi connectivity index (χ0) is 12.1. The van der Waals surface area contributed by atoms with Crippen LogP contribution in [-0.2, 0) is 4.74 Å². The number of alkyl halides is 4. The van der Waals surface area contributed by atoms with E-state index in [1.54, 1.807) is 0 Å². The van der Waals surface area contributed by atoms with E-state index in [9.17, 15) is 13.2 Å². The highest BCUT2D eigenvalue weighted by Crippen LogP contribution is 2.30. The molecule has 0 bridgehead atoms. The fourth-order valence-electron chi connectivity index (χ4n) is 1.16. The molecule has 1 unspecified atom stereocenters. The Morgan fingerprint density at radius 2 is 1.73 bits per heavy atom. The summed E-state index contributed by atoms with van der Waals surface area (Å²) < 4.78 is 39.9. The van der Waals surface area contributed by atoms with Gasteiger partial charge in [-0.3, -0.25) is 0 Å². The molecule has 0 aromatic rings. The molecule has 0 radical (unpaired) electrons. The van der Waals surface area contributed by atoms with Gasteiger partial charge in [-0.1, -0.05) is 36.7 Å². The molecule has 5 heteroatoms. The van der Waals surface area contributed by atoms with Crippen LogP contribution in [0.25, 0.3) is 0 Å². The average molecular weight is 291 g/mol. The minimum atomic E-state index is -4.22. The molecule has 1 atom stereocenters. The van der Waals surface area contributed by atoms with E-state index in [0.717, 1.165) is 5.33 Å². The van der Waals surface area contributed by atoms with Gasteiger partial charge in [-0.15, -0.1) is 0 Å². The summed E-state index contributed by atoms with van der Waals surface area (Å²) in [4.78, 5) is 0. The largest absolute Gasteiger partial charge is 0.411 e. The Labute approximate surface area is 97.5 Å². The quantitative estimate of drug-likeness (QED) is 0.549. The monoisotopic (exact) mass is 290 g/mol. The maximum absolute atomic E-state index is 11.8. The fraction of sp³-hybridized carbons (Fsp3) is 1.00. The highest BCUT2D eigenvalue weighted by molar-refractivity contribution is 9.09. The molecule has 0 aromatic heterocycles. The van der Waals surface area contributed by atoms with Gasteiger partial charge in [-0.2, -0.15) is 13.2 Å².